The molecule has 88 valence electrons. The summed E-state index contributed by atoms with van der Waals surface area (Å²) in [5, 5.41) is 0. The number of aromatic nitrogens is 2. The Hall–Kier alpha value is -2.11. The van der Waals surface area contributed by atoms with Crippen molar-refractivity contribution in [3.8, 4) is 0 Å². The molecule has 17 heavy (non-hydrogen) atoms. The molecule has 6 heteroatoms. The third-order valence-corrected chi connectivity index (χ3v) is 2.18. The summed E-state index contributed by atoms with van der Waals surface area (Å²) in [5.74, 6) is -0.548. The molecule has 0 aliphatic rings. The van der Waals surface area contributed by atoms with Crippen LogP contribution in [0.3, 0.4) is 0 Å². The van der Waals surface area contributed by atoms with Crippen molar-refractivity contribution in [2.45, 2.75) is 6.18 Å². The molecule has 0 radical (unpaired) electrons. The summed E-state index contributed by atoms with van der Waals surface area (Å²) in [4.78, 5) is 15.4. The summed E-state index contributed by atoms with van der Waals surface area (Å²) in [5.41, 5.74) is -0.874. The molecule has 1 aromatic carbocycles. The number of imidazole rings is 1. The average Bonchev–Trinajstić information content (AvgIpc) is 2.80. The Kier molecular flexibility index (Phi) is 2.71. The van der Waals surface area contributed by atoms with Gasteiger partial charge in [-0.25, -0.2) is 4.98 Å². The standard InChI is InChI=1S/C11H7F3N2O/c12-11(13,14)9-3-1-2-8(6-9)10(17)16-5-4-15-7-16/h1-7H. The van der Waals surface area contributed by atoms with Crippen LogP contribution in [0, 0.1) is 0 Å². The summed E-state index contributed by atoms with van der Waals surface area (Å²) in [6.07, 6.45) is -0.456. The predicted molar refractivity (Wildman–Crippen MR) is 53.4 cm³/mol. The molecule has 0 spiro atoms. The van der Waals surface area contributed by atoms with Crippen molar-refractivity contribution in [2.24, 2.45) is 0 Å². The Morgan fingerprint density at radius 2 is 2.06 bits per heavy atom. The van der Waals surface area contributed by atoms with Gasteiger partial charge in [0.25, 0.3) is 5.91 Å². The third kappa shape index (κ3) is 2.35. The zero-order valence-electron chi connectivity index (χ0n) is 8.48. The second-order valence-electron chi connectivity index (χ2n) is 3.35. The lowest BCUT2D eigenvalue weighted by Gasteiger charge is -2.08. The number of carbonyl (C=O) groups excluding carboxylic acids is 1. The summed E-state index contributed by atoms with van der Waals surface area (Å²) in [7, 11) is 0. The van der Waals surface area contributed by atoms with E-state index in [-0.39, 0.29) is 5.56 Å². The highest BCUT2D eigenvalue weighted by Crippen LogP contribution is 2.29. The van der Waals surface area contributed by atoms with E-state index < -0.39 is 17.6 Å². The first-order valence-corrected chi connectivity index (χ1v) is 4.68. The minimum Gasteiger partial charge on any atom is -0.272 e. The SMILES string of the molecule is O=C(c1cccc(C(F)(F)F)c1)n1ccnc1. The van der Waals surface area contributed by atoms with Gasteiger partial charge in [0.2, 0.25) is 0 Å². The van der Waals surface area contributed by atoms with Crippen LogP contribution in [0.1, 0.15) is 15.9 Å². The van der Waals surface area contributed by atoms with Gasteiger partial charge >= 0.3 is 6.18 Å². The normalized spacial score (nSPS) is 11.5. The van der Waals surface area contributed by atoms with Gasteiger partial charge in [-0.05, 0) is 18.2 Å². The van der Waals surface area contributed by atoms with Crippen LogP contribution in [0.5, 0.6) is 0 Å². The summed E-state index contributed by atoms with van der Waals surface area (Å²) >= 11 is 0. The highest BCUT2D eigenvalue weighted by Gasteiger charge is 2.30. The fourth-order valence-corrected chi connectivity index (χ4v) is 1.36. The molecule has 2 aromatic rings. The molecule has 3 nitrogen and oxygen atoms in total. The first kappa shape index (κ1) is 11.4. The van der Waals surface area contributed by atoms with E-state index in [0.717, 1.165) is 16.7 Å². The van der Waals surface area contributed by atoms with Gasteiger partial charge in [0, 0.05) is 18.0 Å². The lowest BCUT2D eigenvalue weighted by molar-refractivity contribution is -0.137. The number of benzene rings is 1. The van der Waals surface area contributed by atoms with Crippen LogP contribution in [0.4, 0.5) is 13.2 Å². The molecule has 0 fully saturated rings. The van der Waals surface area contributed by atoms with Crippen LogP contribution in [0.25, 0.3) is 0 Å². The fraction of sp³-hybridized carbons (Fsp3) is 0.0909. The molecule has 0 atom stereocenters. The number of hydrogen-bond acceptors (Lipinski definition) is 2. The van der Waals surface area contributed by atoms with E-state index in [0.29, 0.717) is 0 Å². The van der Waals surface area contributed by atoms with Crippen molar-refractivity contribution < 1.29 is 18.0 Å². The molecule has 0 amide bonds. The van der Waals surface area contributed by atoms with Crippen molar-refractivity contribution in [1.29, 1.82) is 0 Å². The van der Waals surface area contributed by atoms with Crippen molar-refractivity contribution >= 4 is 5.91 Å². The van der Waals surface area contributed by atoms with Gasteiger partial charge in [0.05, 0.1) is 5.56 Å². The van der Waals surface area contributed by atoms with Crippen molar-refractivity contribution in [1.82, 2.24) is 9.55 Å². The molecular weight excluding hydrogens is 233 g/mol. The maximum atomic E-state index is 12.4. The molecule has 0 bridgehead atoms. The van der Waals surface area contributed by atoms with Gasteiger partial charge in [0.1, 0.15) is 6.33 Å². The number of alkyl halides is 3. The van der Waals surface area contributed by atoms with E-state index in [2.05, 4.69) is 4.98 Å². The molecule has 0 saturated carbocycles. The number of carbonyl (C=O) groups is 1. The highest BCUT2D eigenvalue weighted by atomic mass is 19.4. The number of halogens is 3. The maximum absolute atomic E-state index is 12.4. The Morgan fingerprint density at radius 1 is 1.29 bits per heavy atom. The monoisotopic (exact) mass is 240 g/mol. The molecular formula is C11H7F3N2O. The predicted octanol–water partition coefficient (Wildman–Crippen LogP) is 2.59. The molecule has 2 rings (SSSR count). The number of nitrogens with zero attached hydrogens (tertiary/aromatic N) is 2. The van der Waals surface area contributed by atoms with Crippen molar-refractivity contribution in [2.75, 3.05) is 0 Å². The minimum absolute atomic E-state index is 0.0298. The van der Waals surface area contributed by atoms with Gasteiger partial charge in [-0.1, -0.05) is 6.07 Å². The molecule has 0 N–H and O–H groups in total. The molecule has 0 unspecified atom stereocenters. The molecule has 0 aliphatic carbocycles. The Bertz CT molecular complexity index is 532. The smallest absolute Gasteiger partial charge is 0.272 e. The van der Waals surface area contributed by atoms with Crippen LogP contribution < -0.4 is 0 Å². The lowest BCUT2D eigenvalue weighted by atomic mass is 10.1. The van der Waals surface area contributed by atoms with Gasteiger partial charge < -0.3 is 0 Å². The first-order valence-electron chi connectivity index (χ1n) is 4.68. The summed E-state index contributed by atoms with van der Waals surface area (Å²) < 4.78 is 38.5. The van der Waals surface area contributed by atoms with Gasteiger partial charge in [-0.2, -0.15) is 13.2 Å². The summed E-state index contributed by atoms with van der Waals surface area (Å²) in [6.45, 7) is 0. The van der Waals surface area contributed by atoms with Crippen LogP contribution in [-0.2, 0) is 6.18 Å². The van der Waals surface area contributed by atoms with E-state index in [1.807, 2.05) is 0 Å². The van der Waals surface area contributed by atoms with Crippen LogP contribution >= 0.6 is 0 Å². The third-order valence-electron chi connectivity index (χ3n) is 2.18. The van der Waals surface area contributed by atoms with E-state index >= 15 is 0 Å². The first-order chi connectivity index (χ1) is 7.98. The van der Waals surface area contributed by atoms with E-state index in [4.69, 9.17) is 0 Å². The topological polar surface area (TPSA) is 34.9 Å². The second-order valence-corrected chi connectivity index (χ2v) is 3.35. The molecule has 1 heterocycles. The van der Waals surface area contributed by atoms with Gasteiger partial charge in [0.15, 0.2) is 0 Å². The minimum atomic E-state index is -4.45. The zero-order chi connectivity index (χ0) is 12.5. The highest BCUT2D eigenvalue weighted by molar-refractivity contribution is 5.95. The Balaban J connectivity index is 2.38. The van der Waals surface area contributed by atoms with Crippen LogP contribution in [0.15, 0.2) is 43.0 Å². The number of rotatable bonds is 1. The Morgan fingerprint density at radius 3 is 2.65 bits per heavy atom. The maximum Gasteiger partial charge on any atom is 0.416 e. The van der Waals surface area contributed by atoms with Crippen molar-refractivity contribution in [3.63, 3.8) is 0 Å². The molecule has 0 saturated heterocycles. The van der Waals surface area contributed by atoms with E-state index in [9.17, 15) is 18.0 Å². The zero-order valence-corrected chi connectivity index (χ0v) is 8.48. The lowest BCUT2D eigenvalue weighted by Crippen LogP contribution is -2.12. The largest absolute Gasteiger partial charge is 0.416 e. The second kappa shape index (κ2) is 4.04. The van der Waals surface area contributed by atoms with Crippen molar-refractivity contribution in [3.05, 3.63) is 54.1 Å². The fourth-order valence-electron chi connectivity index (χ4n) is 1.36. The molecule has 1 aromatic heterocycles. The van der Waals surface area contributed by atoms with Crippen LogP contribution in [0.2, 0.25) is 0 Å². The number of hydrogen-bond donors (Lipinski definition) is 0. The van der Waals surface area contributed by atoms with Gasteiger partial charge in [-0.15, -0.1) is 0 Å². The van der Waals surface area contributed by atoms with E-state index in [1.54, 1.807) is 0 Å². The quantitative estimate of drug-likeness (QED) is 0.767. The van der Waals surface area contributed by atoms with Crippen LogP contribution in [-0.4, -0.2) is 15.5 Å². The Labute approximate surface area is 94.5 Å². The van der Waals surface area contributed by atoms with Gasteiger partial charge in [-0.3, -0.25) is 9.36 Å². The average molecular weight is 240 g/mol. The summed E-state index contributed by atoms with van der Waals surface area (Å²) in [6, 6.07) is 4.28. The van der Waals surface area contributed by atoms with E-state index in [1.165, 1.54) is 30.9 Å². The molecule has 0 aliphatic heterocycles.